The number of benzene rings is 7. The second kappa shape index (κ2) is 14.6. The Balaban J connectivity index is 1.08. The van der Waals surface area contributed by atoms with Crippen molar-refractivity contribution in [3.8, 4) is 45.6 Å². The summed E-state index contributed by atoms with van der Waals surface area (Å²) in [7, 11) is 0. The van der Waals surface area contributed by atoms with Gasteiger partial charge in [-0.1, -0.05) is 99.0 Å². The standard InChI is InChI=1S/C54H43BN2O6/c1-54(2,3)37-28-42(56-39-12-8-11-34(25-39)49-27-36-10-5-7-14-46(36)63-49)53-44(29-37)57(40-19-20-47-50(30-40)59-22-21-58-47)43-32-52-51(60-23-24-61-52)31-41(43)55(53)38-17-15-33(16-18-38)48-26-35-9-4-6-13-45(35)62-48/h4-20,25-32,56H,21-24H2,1-3H3. The van der Waals surface area contributed by atoms with Crippen molar-refractivity contribution in [2.75, 3.05) is 36.6 Å². The Hall–Kier alpha value is -7.52. The number of nitrogens with zero attached hydrogens (tertiary/aromatic N) is 1. The van der Waals surface area contributed by atoms with Gasteiger partial charge < -0.3 is 38.0 Å². The molecule has 0 saturated heterocycles. The Kier molecular flexibility index (Phi) is 8.61. The van der Waals surface area contributed by atoms with Gasteiger partial charge in [-0.05, 0) is 88.6 Å². The van der Waals surface area contributed by atoms with Crippen molar-refractivity contribution in [3.63, 3.8) is 0 Å². The lowest BCUT2D eigenvalue weighted by Gasteiger charge is -2.40. The summed E-state index contributed by atoms with van der Waals surface area (Å²) >= 11 is 0. The van der Waals surface area contributed by atoms with Crippen molar-refractivity contribution >= 4 is 73.5 Å². The molecule has 0 radical (unpaired) electrons. The highest BCUT2D eigenvalue weighted by Crippen LogP contribution is 2.46. The Bertz CT molecular complexity index is 3170. The molecule has 0 bridgehead atoms. The molecule has 2 aromatic heterocycles. The van der Waals surface area contributed by atoms with Gasteiger partial charge in [0, 0.05) is 56.8 Å². The van der Waals surface area contributed by atoms with Crippen LogP contribution in [-0.4, -0.2) is 33.1 Å². The fourth-order valence-electron chi connectivity index (χ4n) is 9.26. The average Bonchev–Trinajstić information content (AvgIpc) is 3.95. The van der Waals surface area contributed by atoms with Gasteiger partial charge in [0.2, 0.25) is 6.71 Å². The molecule has 308 valence electrons. The molecular formula is C54H43BN2O6. The average molecular weight is 827 g/mol. The number of fused-ring (bicyclic) bond motifs is 6. The Morgan fingerprint density at radius 3 is 1.84 bits per heavy atom. The molecule has 63 heavy (non-hydrogen) atoms. The highest BCUT2D eigenvalue weighted by atomic mass is 16.6. The van der Waals surface area contributed by atoms with Crippen molar-refractivity contribution in [2.24, 2.45) is 0 Å². The number of hydrogen-bond acceptors (Lipinski definition) is 8. The van der Waals surface area contributed by atoms with Crippen LogP contribution in [0.25, 0.3) is 44.6 Å². The highest BCUT2D eigenvalue weighted by Gasteiger charge is 2.40. The Morgan fingerprint density at radius 1 is 0.524 bits per heavy atom. The first-order valence-electron chi connectivity index (χ1n) is 21.6. The van der Waals surface area contributed by atoms with Crippen LogP contribution in [0.1, 0.15) is 26.3 Å². The zero-order valence-electron chi connectivity index (χ0n) is 35.2. The second-order valence-corrected chi connectivity index (χ2v) is 17.5. The molecule has 9 heteroatoms. The summed E-state index contributed by atoms with van der Waals surface area (Å²) in [5.74, 6) is 4.56. The third-order valence-corrected chi connectivity index (χ3v) is 12.4. The SMILES string of the molecule is CC(C)(C)c1cc(Nc2cccc(-c3cc4ccccc4o3)c2)c2c(c1)N(c1ccc3c(c1)OCCO3)c1cc3c(cc1B2c1ccc(-c2cc4ccccc4o2)cc1)OCCO3. The van der Waals surface area contributed by atoms with Crippen LogP contribution in [0.5, 0.6) is 23.0 Å². The predicted molar refractivity (Wildman–Crippen MR) is 253 cm³/mol. The van der Waals surface area contributed by atoms with Crippen molar-refractivity contribution in [2.45, 2.75) is 26.2 Å². The maximum atomic E-state index is 6.35. The fourth-order valence-corrected chi connectivity index (χ4v) is 9.26. The molecule has 0 atom stereocenters. The van der Waals surface area contributed by atoms with E-state index in [1.54, 1.807) is 0 Å². The van der Waals surface area contributed by atoms with Gasteiger partial charge in [0.15, 0.2) is 23.0 Å². The van der Waals surface area contributed by atoms with Crippen LogP contribution >= 0.6 is 0 Å². The maximum Gasteiger partial charge on any atom is 0.249 e. The molecule has 0 spiro atoms. The summed E-state index contributed by atoms with van der Waals surface area (Å²) in [4.78, 5) is 2.35. The number of para-hydroxylation sites is 2. The van der Waals surface area contributed by atoms with Gasteiger partial charge in [0.25, 0.3) is 0 Å². The molecule has 0 fully saturated rings. The zero-order chi connectivity index (χ0) is 42.2. The van der Waals surface area contributed by atoms with E-state index in [-0.39, 0.29) is 12.1 Å². The first-order valence-corrected chi connectivity index (χ1v) is 21.6. The molecule has 9 aromatic rings. The lowest BCUT2D eigenvalue weighted by atomic mass is 9.34. The van der Waals surface area contributed by atoms with E-state index in [1.165, 1.54) is 5.56 Å². The number of hydrogen-bond donors (Lipinski definition) is 1. The predicted octanol–water partition coefficient (Wildman–Crippen LogP) is 11.4. The lowest BCUT2D eigenvalue weighted by molar-refractivity contribution is 0.171. The van der Waals surface area contributed by atoms with Gasteiger partial charge in [-0.2, -0.15) is 0 Å². The molecule has 0 unspecified atom stereocenters. The number of ether oxygens (including phenoxy) is 4. The smallest absolute Gasteiger partial charge is 0.249 e. The van der Waals surface area contributed by atoms with E-state index in [1.807, 2.05) is 42.5 Å². The number of rotatable bonds is 6. The van der Waals surface area contributed by atoms with Gasteiger partial charge in [0.05, 0.1) is 5.69 Å². The van der Waals surface area contributed by atoms with Crippen LogP contribution in [0.15, 0.2) is 160 Å². The summed E-state index contributed by atoms with van der Waals surface area (Å²) in [5, 5.41) is 6.12. The summed E-state index contributed by atoms with van der Waals surface area (Å²) in [6.45, 7) is 8.54. The van der Waals surface area contributed by atoms with E-state index < -0.39 is 0 Å². The van der Waals surface area contributed by atoms with E-state index in [2.05, 4.69) is 140 Å². The summed E-state index contributed by atoms with van der Waals surface area (Å²) in [5.41, 5.74) is 13.0. The van der Waals surface area contributed by atoms with Crippen LogP contribution in [0.3, 0.4) is 0 Å². The van der Waals surface area contributed by atoms with E-state index in [4.69, 9.17) is 27.8 Å². The quantitative estimate of drug-likeness (QED) is 0.166. The van der Waals surface area contributed by atoms with E-state index in [9.17, 15) is 0 Å². The molecule has 0 saturated carbocycles. The topological polar surface area (TPSA) is 78.5 Å². The monoisotopic (exact) mass is 826 g/mol. The lowest BCUT2D eigenvalue weighted by Crippen LogP contribution is -2.58. The van der Waals surface area contributed by atoms with Gasteiger partial charge in [-0.25, -0.2) is 0 Å². The van der Waals surface area contributed by atoms with E-state index in [0.29, 0.717) is 26.4 Å². The van der Waals surface area contributed by atoms with Crippen LogP contribution in [0, 0.1) is 0 Å². The molecule has 7 aromatic carbocycles. The molecule has 1 N–H and O–H groups in total. The highest BCUT2D eigenvalue weighted by molar-refractivity contribution is 6.99. The van der Waals surface area contributed by atoms with E-state index in [0.717, 1.165) is 112 Å². The minimum atomic E-state index is -0.223. The number of furan rings is 2. The third kappa shape index (κ3) is 6.54. The molecule has 0 amide bonds. The summed E-state index contributed by atoms with van der Waals surface area (Å²) in [6.07, 6.45) is 0. The normalized spacial score (nSPS) is 14.1. The Labute approximate surface area is 365 Å². The van der Waals surface area contributed by atoms with Gasteiger partial charge >= 0.3 is 0 Å². The van der Waals surface area contributed by atoms with E-state index >= 15 is 0 Å². The van der Waals surface area contributed by atoms with Crippen LogP contribution < -0.4 is 45.6 Å². The molecule has 8 nitrogen and oxygen atoms in total. The maximum absolute atomic E-state index is 6.35. The largest absolute Gasteiger partial charge is 0.486 e. The van der Waals surface area contributed by atoms with Crippen molar-refractivity contribution in [1.29, 1.82) is 0 Å². The minimum absolute atomic E-state index is 0.198. The number of anilines is 5. The summed E-state index contributed by atoms with van der Waals surface area (Å²) in [6, 6.07) is 53.0. The van der Waals surface area contributed by atoms with Gasteiger partial charge in [0.1, 0.15) is 49.1 Å². The molecular weight excluding hydrogens is 783 g/mol. The van der Waals surface area contributed by atoms with Crippen molar-refractivity contribution < 1.29 is 27.8 Å². The molecule has 3 aliphatic rings. The first kappa shape index (κ1) is 37.3. The third-order valence-electron chi connectivity index (χ3n) is 12.4. The Morgan fingerprint density at radius 2 is 1.16 bits per heavy atom. The zero-order valence-corrected chi connectivity index (χ0v) is 35.2. The minimum Gasteiger partial charge on any atom is -0.486 e. The fraction of sp³-hybridized carbons (Fsp3) is 0.148. The second-order valence-electron chi connectivity index (χ2n) is 17.5. The number of nitrogens with one attached hydrogen (secondary N) is 1. The van der Waals surface area contributed by atoms with Crippen LogP contribution in [0.2, 0.25) is 0 Å². The molecule has 3 aliphatic heterocycles. The van der Waals surface area contributed by atoms with Gasteiger partial charge in [-0.15, -0.1) is 0 Å². The van der Waals surface area contributed by atoms with Crippen LogP contribution in [0.4, 0.5) is 28.4 Å². The molecule has 5 heterocycles. The van der Waals surface area contributed by atoms with Crippen LogP contribution in [-0.2, 0) is 5.41 Å². The molecule has 0 aliphatic carbocycles. The first-order chi connectivity index (χ1) is 30.8. The van der Waals surface area contributed by atoms with Crippen molar-refractivity contribution in [3.05, 3.63) is 157 Å². The van der Waals surface area contributed by atoms with Crippen molar-refractivity contribution in [1.82, 2.24) is 0 Å². The summed E-state index contributed by atoms with van der Waals surface area (Å²) < 4.78 is 37.5. The van der Waals surface area contributed by atoms with Gasteiger partial charge in [-0.3, -0.25) is 0 Å². The molecule has 12 rings (SSSR count).